The number of benzene rings is 1. The summed E-state index contributed by atoms with van der Waals surface area (Å²) in [5.41, 5.74) is 2.22. The van der Waals surface area contributed by atoms with Gasteiger partial charge in [-0.15, -0.1) is 0 Å². The van der Waals surface area contributed by atoms with Gasteiger partial charge >= 0.3 is 0 Å². The quantitative estimate of drug-likeness (QED) is 0.666. The van der Waals surface area contributed by atoms with Gasteiger partial charge in [0, 0.05) is 31.1 Å². The Kier molecular flexibility index (Phi) is 4.46. The van der Waals surface area contributed by atoms with Gasteiger partial charge in [-0.1, -0.05) is 12.1 Å². The van der Waals surface area contributed by atoms with Crippen molar-refractivity contribution in [2.24, 2.45) is 0 Å². The van der Waals surface area contributed by atoms with Crippen LogP contribution in [0.3, 0.4) is 0 Å². The minimum atomic E-state index is -2.63. The van der Waals surface area contributed by atoms with Crippen molar-refractivity contribution in [1.82, 2.24) is 14.8 Å². The zero-order valence-electron chi connectivity index (χ0n) is 13.0. The van der Waals surface area contributed by atoms with Gasteiger partial charge in [-0.05, 0) is 41.8 Å². The lowest BCUT2D eigenvalue weighted by molar-refractivity contribution is 0.101. The highest BCUT2D eigenvalue weighted by molar-refractivity contribution is 5.92. The molecule has 3 aromatic rings. The Morgan fingerprint density at radius 2 is 2.00 bits per heavy atom. The van der Waals surface area contributed by atoms with E-state index in [0.29, 0.717) is 12.0 Å². The third-order valence-electron chi connectivity index (χ3n) is 3.72. The summed E-state index contributed by atoms with van der Waals surface area (Å²) < 4.78 is 28.1. The summed E-state index contributed by atoms with van der Waals surface area (Å²) in [6, 6.07) is 10.7. The molecule has 0 radical (unpaired) electrons. The second-order valence-corrected chi connectivity index (χ2v) is 5.42. The third kappa shape index (κ3) is 3.37. The van der Waals surface area contributed by atoms with Gasteiger partial charge in [0.25, 0.3) is 6.43 Å². The van der Waals surface area contributed by atoms with E-state index in [-0.39, 0.29) is 17.0 Å². The summed E-state index contributed by atoms with van der Waals surface area (Å²) in [5, 5.41) is 4.14. The van der Waals surface area contributed by atoms with Crippen LogP contribution in [0.1, 0.15) is 40.5 Å². The van der Waals surface area contributed by atoms with Gasteiger partial charge < -0.3 is 0 Å². The molecule has 0 atom stereocenters. The molecule has 3 rings (SSSR count). The summed E-state index contributed by atoms with van der Waals surface area (Å²) in [6.45, 7) is 1.37. The van der Waals surface area contributed by atoms with Crippen LogP contribution in [-0.4, -0.2) is 20.5 Å². The number of halogens is 2. The second kappa shape index (κ2) is 6.70. The number of ketones is 1. The highest BCUT2D eigenvalue weighted by Crippen LogP contribution is 2.25. The van der Waals surface area contributed by atoms with Crippen molar-refractivity contribution in [1.29, 1.82) is 0 Å². The maximum absolute atomic E-state index is 13.2. The predicted molar refractivity (Wildman–Crippen MR) is 85.6 cm³/mol. The van der Waals surface area contributed by atoms with E-state index >= 15 is 0 Å². The summed E-state index contributed by atoms with van der Waals surface area (Å²) >= 11 is 0. The molecular formula is C18H15F2N3O. The predicted octanol–water partition coefficient (Wildman–Crippen LogP) is 4.00. The van der Waals surface area contributed by atoms with E-state index in [0.717, 1.165) is 17.4 Å². The Morgan fingerprint density at radius 1 is 1.25 bits per heavy atom. The molecule has 0 N–H and O–H groups in total. The molecule has 0 unspecified atom stereocenters. The summed E-state index contributed by atoms with van der Waals surface area (Å²) in [7, 11) is 0. The molecule has 2 aromatic heterocycles. The fourth-order valence-electron chi connectivity index (χ4n) is 2.46. The number of aromatic nitrogens is 3. The molecule has 1 aromatic carbocycles. The average molecular weight is 327 g/mol. The molecule has 0 bridgehead atoms. The lowest BCUT2D eigenvalue weighted by Gasteiger charge is -2.10. The van der Waals surface area contributed by atoms with Crippen molar-refractivity contribution in [3.63, 3.8) is 0 Å². The molecule has 0 saturated carbocycles. The number of hydrogen-bond acceptors (Lipinski definition) is 3. The molecule has 0 amide bonds. The van der Waals surface area contributed by atoms with Crippen LogP contribution in [0.15, 0.2) is 55.0 Å². The minimum Gasteiger partial charge on any atom is -0.293 e. The minimum absolute atomic E-state index is 0.142. The van der Waals surface area contributed by atoms with Crippen molar-refractivity contribution in [3.05, 3.63) is 77.4 Å². The van der Waals surface area contributed by atoms with Crippen LogP contribution in [0.25, 0.3) is 5.69 Å². The Bertz CT molecular complexity index is 843. The molecule has 0 aliphatic rings. The van der Waals surface area contributed by atoms with Crippen LogP contribution in [-0.2, 0) is 6.42 Å². The number of pyridine rings is 1. The maximum atomic E-state index is 13.2. The van der Waals surface area contributed by atoms with Gasteiger partial charge in [-0.2, -0.15) is 5.10 Å². The van der Waals surface area contributed by atoms with Crippen molar-refractivity contribution < 1.29 is 13.6 Å². The number of nitrogens with zero attached hydrogens (tertiary/aromatic N) is 3. The third-order valence-corrected chi connectivity index (χ3v) is 3.72. The molecule has 4 nitrogen and oxygen atoms in total. The number of carbonyl (C=O) groups excluding carboxylic acids is 1. The van der Waals surface area contributed by atoms with E-state index < -0.39 is 6.43 Å². The molecular weight excluding hydrogens is 312 g/mol. The van der Waals surface area contributed by atoms with Crippen molar-refractivity contribution >= 4 is 5.78 Å². The number of alkyl halides is 2. The van der Waals surface area contributed by atoms with Gasteiger partial charge in [0.15, 0.2) is 5.78 Å². The second-order valence-electron chi connectivity index (χ2n) is 5.42. The highest BCUT2D eigenvalue weighted by atomic mass is 19.3. The van der Waals surface area contributed by atoms with Crippen molar-refractivity contribution in [2.45, 2.75) is 19.8 Å². The van der Waals surface area contributed by atoms with Crippen LogP contribution in [0, 0.1) is 0 Å². The molecule has 24 heavy (non-hydrogen) atoms. The van der Waals surface area contributed by atoms with Crippen LogP contribution < -0.4 is 0 Å². The Labute approximate surface area is 137 Å². The lowest BCUT2D eigenvalue weighted by atomic mass is 10.00. The summed E-state index contributed by atoms with van der Waals surface area (Å²) in [6.07, 6.45) is 2.28. The molecule has 0 spiro atoms. The normalized spacial score (nSPS) is 11.0. The van der Waals surface area contributed by atoms with E-state index in [1.54, 1.807) is 10.9 Å². The van der Waals surface area contributed by atoms with Gasteiger partial charge in [0.05, 0.1) is 5.69 Å². The van der Waals surface area contributed by atoms with E-state index in [1.807, 2.05) is 36.5 Å². The fourth-order valence-corrected chi connectivity index (χ4v) is 2.46. The summed E-state index contributed by atoms with van der Waals surface area (Å²) in [4.78, 5) is 15.3. The van der Waals surface area contributed by atoms with Crippen molar-refractivity contribution in [3.8, 4) is 5.69 Å². The van der Waals surface area contributed by atoms with Gasteiger partial charge in [0.2, 0.25) is 0 Å². The molecule has 0 saturated heterocycles. The standard InChI is InChI=1S/C18H15F2N3O/c1-12(24)17-10-14(16(11-21-17)18(19)20)9-13-3-5-15(6-4-13)23-8-2-7-22-23/h2-8,10-11,18H,9H2,1H3. The lowest BCUT2D eigenvalue weighted by Crippen LogP contribution is -2.04. The Morgan fingerprint density at radius 3 is 2.58 bits per heavy atom. The molecule has 122 valence electrons. The largest absolute Gasteiger partial charge is 0.293 e. The smallest absolute Gasteiger partial charge is 0.265 e. The topological polar surface area (TPSA) is 47.8 Å². The SMILES string of the molecule is CC(=O)c1cc(Cc2ccc(-n3cccn3)cc2)c(C(F)F)cn1. The maximum Gasteiger partial charge on any atom is 0.265 e. The number of rotatable bonds is 5. The number of hydrogen-bond donors (Lipinski definition) is 0. The van der Waals surface area contributed by atoms with Crippen LogP contribution in [0.4, 0.5) is 8.78 Å². The van der Waals surface area contributed by atoms with Gasteiger partial charge in [0.1, 0.15) is 5.69 Å². The highest BCUT2D eigenvalue weighted by Gasteiger charge is 2.16. The molecule has 0 aliphatic heterocycles. The molecule has 0 fully saturated rings. The monoisotopic (exact) mass is 327 g/mol. The van der Waals surface area contributed by atoms with Crippen LogP contribution >= 0.6 is 0 Å². The Hall–Kier alpha value is -2.89. The van der Waals surface area contributed by atoms with Gasteiger partial charge in [-0.3, -0.25) is 9.78 Å². The summed E-state index contributed by atoms with van der Waals surface area (Å²) in [5.74, 6) is -0.244. The van der Waals surface area contributed by atoms with E-state index in [1.165, 1.54) is 13.0 Å². The molecule has 6 heteroatoms. The average Bonchev–Trinajstić information content (AvgIpc) is 3.09. The van der Waals surface area contributed by atoms with E-state index in [9.17, 15) is 13.6 Å². The molecule has 2 heterocycles. The Balaban J connectivity index is 1.89. The first kappa shape index (κ1) is 16.0. The zero-order valence-corrected chi connectivity index (χ0v) is 13.0. The first-order valence-electron chi connectivity index (χ1n) is 7.41. The van der Waals surface area contributed by atoms with Crippen molar-refractivity contribution in [2.75, 3.05) is 0 Å². The first-order valence-corrected chi connectivity index (χ1v) is 7.41. The van der Waals surface area contributed by atoms with Crippen LogP contribution in [0.5, 0.6) is 0 Å². The number of carbonyl (C=O) groups is 1. The van der Waals surface area contributed by atoms with Gasteiger partial charge in [-0.25, -0.2) is 13.5 Å². The molecule has 0 aliphatic carbocycles. The van der Waals surface area contributed by atoms with E-state index in [4.69, 9.17) is 0 Å². The first-order chi connectivity index (χ1) is 11.5. The fraction of sp³-hybridized carbons (Fsp3) is 0.167. The zero-order chi connectivity index (χ0) is 17.1. The van der Waals surface area contributed by atoms with E-state index in [2.05, 4.69) is 10.1 Å². The number of Topliss-reactive ketones (excluding diaryl/α,β-unsaturated/α-hetero) is 1. The van der Waals surface area contributed by atoms with Crippen LogP contribution in [0.2, 0.25) is 0 Å².